The Morgan fingerprint density at radius 1 is 1.22 bits per heavy atom. The minimum Gasteiger partial charge on any atom is -0.352 e. The molecule has 100 valence electrons. The van der Waals surface area contributed by atoms with Crippen LogP contribution in [0.5, 0.6) is 0 Å². The van der Waals surface area contributed by atoms with Crippen LogP contribution in [0.25, 0.3) is 0 Å². The average molecular weight is 248 g/mol. The van der Waals surface area contributed by atoms with Gasteiger partial charge in [-0.25, -0.2) is 0 Å². The van der Waals surface area contributed by atoms with Crippen molar-refractivity contribution in [1.29, 1.82) is 0 Å². The number of amides is 1. The molecule has 0 aliphatic heterocycles. The van der Waals surface area contributed by atoms with Gasteiger partial charge in [0, 0.05) is 13.0 Å². The highest BCUT2D eigenvalue weighted by Gasteiger charge is 2.24. The second-order valence-electron chi connectivity index (χ2n) is 4.57. The fraction of sp³-hybridized carbons (Fsp3) is 0.533. The van der Waals surface area contributed by atoms with Gasteiger partial charge < -0.3 is 5.32 Å². The Morgan fingerprint density at radius 2 is 1.78 bits per heavy atom. The monoisotopic (exact) mass is 248 g/mol. The van der Waals surface area contributed by atoms with Crippen LogP contribution in [0.3, 0.4) is 0 Å². The van der Waals surface area contributed by atoms with E-state index in [0.717, 1.165) is 13.1 Å². The molecule has 0 spiro atoms. The summed E-state index contributed by atoms with van der Waals surface area (Å²) >= 11 is 0. The molecule has 1 N–H and O–H groups in total. The van der Waals surface area contributed by atoms with Crippen LogP contribution in [0.1, 0.15) is 39.3 Å². The summed E-state index contributed by atoms with van der Waals surface area (Å²) in [4.78, 5) is 13.6. The maximum absolute atomic E-state index is 11.3. The normalized spacial score (nSPS) is 14.3. The Labute approximate surface area is 110 Å². The number of benzene rings is 1. The molecule has 3 heteroatoms. The second kappa shape index (κ2) is 7.17. The molecule has 0 saturated heterocycles. The van der Waals surface area contributed by atoms with E-state index in [9.17, 15) is 4.79 Å². The van der Waals surface area contributed by atoms with E-state index in [1.807, 2.05) is 18.2 Å². The zero-order valence-electron chi connectivity index (χ0n) is 11.8. The Kier molecular flexibility index (Phi) is 5.86. The van der Waals surface area contributed by atoms with E-state index in [0.29, 0.717) is 0 Å². The van der Waals surface area contributed by atoms with Crippen LogP contribution in [-0.4, -0.2) is 29.9 Å². The van der Waals surface area contributed by atoms with E-state index < -0.39 is 0 Å². The van der Waals surface area contributed by atoms with Gasteiger partial charge in [0.15, 0.2) is 0 Å². The molecule has 0 saturated carbocycles. The predicted octanol–water partition coefficient (Wildman–Crippen LogP) is 2.59. The minimum atomic E-state index is 0.0237. The molecule has 1 rings (SSSR count). The first kappa shape index (κ1) is 14.7. The standard InChI is InChI=1S/C15H24N2O/c1-5-17(6-2)15(12(3)16-13(4)18)14-10-8-7-9-11-14/h7-12,15H,5-6H2,1-4H3,(H,16,18). The number of carbonyl (C=O) groups excluding carboxylic acids is 1. The molecule has 0 aromatic heterocycles. The Bertz CT molecular complexity index is 360. The Morgan fingerprint density at radius 3 is 2.22 bits per heavy atom. The number of hydrogen-bond acceptors (Lipinski definition) is 2. The first-order valence-electron chi connectivity index (χ1n) is 6.66. The van der Waals surface area contributed by atoms with E-state index in [1.54, 1.807) is 6.92 Å². The molecule has 2 atom stereocenters. The zero-order chi connectivity index (χ0) is 13.5. The highest BCUT2D eigenvalue weighted by atomic mass is 16.1. The van der Waals surface area contributed by atoms with E-state index in [4.69, 9.17) is 0 Å². The van der Waals surface area contributed by atoms with E-state index >= 15 is 0 Å². The molecule has 0 bridgehead atoms. The lowest BCUT2D eigenvalue weighted by Crippen LogP contribution is -2.44. The highest BCUT2D eigenvalue weighted by Crippen LogP contribution is 2.23. The van der Waals surface area contributed by atoms with Gasteiger partial charge in [-0.05, 0) is 25.6 Å². The van der Waals surface area contributed by atoms with Gasteiger partial charge in [0.2, 0.25) is 5.91 Å². The van der Waals surface area contributed by atoms with Gasteiger partial charge in [0.05, 0.1) is 6.04 Å². The van der Waals surface area contributed by atoms with Gasteiger partial charge in [0.25, 0.3) is 0 Å². The third-order valence-electron chi connectivity index (χ3n) is 3.25. The predicted molar refractivity (Wildman–Crippen MR) is 75.4 cm³/mol. The Hall–Kier alpha value is -1.35. The van der Waals surface area contributed by atoms with Crippen LogP contribution in [0, 0.1) is 0 Å². The molecule has 0 aliphatic rings. The van der Waals surface area contributed by atoms with E-state index in [-0.39, 0.29) is 18.0 Å². The lowest BCUT2D eigenvalue weighted by atomic mass is 9.98. The minimum absolute atomic E-state index is 0.0237. The molecule has 1 aromatic carbocycles. The molecule has 1 aromatic rings. The SMILES string of the molecule is CCN(CC)C(c1ccccc1)C(C)NC(C)=O. The fourth-order valence-corrected chi connectivity index (χ4v) is 2.48. The zero-order valence-corrected chi connectivity index (χ0v) is 11.8. The summed E-state index contributed by atoms with van der Waals surface area (Å²) in [5, 5.41) is 3.01. The van der Waals surface area contributed by atoms with Crippen molar-refractivity contribution in [2.75, 3.05) is 13.1 Å². The highest BCUT2D eigenvalue weighted by molar-refractivity contribution is 5.73. The van der Waals surface area contributed by atoms with E-state index in [1.165, 1.54) is 5.56 Å². The largest absolute Gasteiger partial charge is 0.352 e. The number of likely N-dealkylation sites (N-methyl/N-ethyl adjacent to an activating group) is 1. The van der Waals surface area contributed by atoms with Crippen LogP contribution < -0.4 is 5.32 Å². The summed E-state index contributed by atoms with van der Waals surface area (Å²) in [6.45, 7) is 9.89. The quantitative estimate of drug-likeness (QED) is 0.839. The van der Waals surface area contributed by atoms with Gasteiger partial charge in [-0.3, -0.25) is 9.69 Å². The van der Waals surface area contributed by atoms with Crippen molar-refractivity contribution in [3.63, 3.8) is 0 Å². The summed E-state index contributed by atoms with van der Waals surface area (Å²) in [5.41, 5.74) is 1.25. The van der Waals surface area contributed by atoms with Crippen molar-refractivity contribution in [2.45, 2.75) is 39.8 Å². The molecule has 18 heavy (non-hydrogen) atoms. The topological polar surface area (TPSA) is 32.3 Å². The van der Waals surface area contributed by atoms with Crippen LogP contribution in [0.15, 0.2) is 30.3 Å². The number of hydrogen-bond donors (Lipinski definition) is 1. The molecule has 1 amide bonds. The summed E-state index contributed by atoms with van der Waals surface area (Å²) < 4.78 is 0. The average Bonchev–Trinajstić information content (AvgIpc) is 2.35. The van der Waals surface area contributed by atoms with Crippen LogP contribution in [-0.2, 0) is 4.79 Å². The lowest BCUT2D eigenvalue weighted by Gasteiger charge is -2.34. The first-order valence-corrected chi connectivity index (χ1v) is 6.66. The number of nitrogens with zero attached hydrogens (tertiary/aromatic N) is 1. The van der Waals surface area contributed by atoms with E-state index in [2.05, 4.69) is 43.1 Å². The van der Waals surface area contributed by atoms with Crippen molar-refractivity contribution in [3.8, 4) is 0 Å². The van der Waals surface area contributed by atoms with Gasteiger partial charge in [0.1, 0.15) is 0 Å². The van der Waals surface area contributed by atoms with Crippen LogP contribution >= 0.6 is 0 Å². The van der Waals surface area contributed by atoms with Gasteiger partial charge >= 0.3 is 0 Å². The molecule has 0 radical (unpaired) electrons. The van der Waals surface area contributed by atoms with Crippen molar-refractivity contribution in [2.24, 2.45) is 0 Å². The molecule has 0 aliphatic carbocycles. The summed E-state index contributed by atoms with van der Waals surface area (Å²) in [5.74, 6) is 0.0237. The first-order chi connectivity index (χ1) is 8.60. The number of nitrogens with one attached hydrogen (secondary N) is 1. The fourth-order valence-electron chi connectivity index (χ4n) is 2.48. The molecular weight excluding hydrogens is 224 g/mol. The van der Waals surface area contributed by atoms with Gasteiger partial charge in [-0.2, -0.15) is 0 Å². The van der Waals surface area contributed by atoms with Crippen LogP contribution in [0.4, 0.5) is 0 Å². The maximum Gasteiger partial charge on any atom is 0.217 e. The van der Waals surface area contributed by atoms with Gasteiger partial charge in [-0.1, -0.05) is 44.2 Å². The third-order valence-corrected chi connectivity index (χ3v) is 3.25. The second-order valence-corrected chi connectivity index (χ2v) is 4.57. The van der Waals surface area contributed by atoms with Crippen molar-refractivity contribution in [3.05, 3.63) is 35.9 Å². The van der Waals surface area contributed by atoms with Crippen molar-refractivity contribution >= 4 is 5.91 Å². The van der Waals surface area contributed by atoms with Crippen LogP contribution in [0.2, 0.25) is 0 Å². The van der Waals surface area contributed by atoms with Gasteiger partial charge in [-0.15, -0.1) is 0 Å². The number of carbonyl (C=O) groups is 1. The summed E-state index contributed by atoms with van der Waals surface area (Å²) in [7, 11) is 0. The molecule has 0 fully saturated rings. The molecular formula is C15H24N2O. The summed E-state index contributed by atoms with van der Waals surface area (Å²) in [6, 6.07) is 10.7. The molecule has 0 heterocycles. The summed E-state index contributed by atoms with van der Waals surface area (Å²) in [6.07, 6.45) is 0. The smallest absolute Gasteiger partial charge is 0.217 e. The van der Waals surface area contributed by atoms with Crippen molar-refractivity contribution in [1.82, 2.24) is 10.2 Å². The van der Waals surface area contributed by atoms with Crippen molar-refractivity contribution < 1.29 is 4.79 Å². The maximum atomic E-state index is 11.3. The third kappa shape index (κ3) is 3.84. The molecule has 2 unspecified atom stereocenters. The molecule has 3 nitrogen and oxygen atoms in total. The Balaban J connectivity index is 2.98. The number of rotatable bonds is 6. The lowest BCUT2D eigenvalue weighted by molar-refractivity contribution is -0.120.